The molecule has 0 saturated heterocycles. The van der Waals surface area contributed by atoms with Gasteiger partial charge in [-0.15, -0.1) is 0 Å². The number of rotatable bonds is 5. The lowest BCUT2D eigenvalue weighted by atomic mass is 10.3. The highest BCUT2D eigenvalue weighted by Gasteiger charge is 2.13. The topological polar surface area (TPSA) is 25.4 Å². The molecular weight excluding hydrogens is 336 g/mol. The van der Waals surface area contributed by atoms with E-state index in [1.807, 2.05) is 19.3 Å². The number of methoxy groups -OCH3 is 1. The summed E-state index contributed by atoms with van der Waals surface area (Å²) in [6.45, 7) is 3.60. The van der Waals surface area contributed by atoms with Crippen molar-refractivity contribution in [2.75, 3.05) is 32.2 Å². The number of halogens is 2. The van der Waals surface area contributed by atoms with Gasteiger partial charge in [-0.2, -0.15) is 0 Å². The minimum atomic E-state index is 0.303. The molecule has 0 aliphatic rings. The van der Waals surface area contributed by atoms with Crippen molar-refractivity contribution in [3.05, 3.63) is 22.3 Å². The van der Waals surface area contributed by atoms with Crippen LogP contribution in [-0.2, 0) is 4.74 Å². The van der Waals surface area contributed by atoms with Crippen molar-refractivity contribution in [3.8, 4) is 0 Å². The maximum atomic E-state index is 5.09. The average Bonchev–Trinajstić information content (AvgIpc) is 2.22. The molecule has 1 unspecified atom stereocenters. The Kier molecular flexibility index (Phi) is 5.72. The summed E-state index contributed by atoms with van der Waals surface area (Å²) in [4.78, 5) is 6.78. The Morgan fingerprint density at radius 1 is 1.56 bits per heavy atom. The van der Waals surface area contributed by atoms with Gasteiger partial charge >= 0.3 is 0 Å². The van der Waals surface area contributed by atoms with Gasteiger partial charge < -0.3 is 9.64 Å². The lowest BCUT2D eigenvalue weighted by molar-refractivity contribution is 0.201. The van der Waals surface area contributed by atoms with E-state index < -0.39 is 0 Å². The van der Waals surface area contributed by atoms with Crippen molar-refractivity contribution >= 4 is 37.7 Å². The van der Waals surface area contributed by atoms with Gasteiger partial charge in [0.2, 0.25) is 0 Å². The van der Waals surface area contributed by atoms with Gasteiger partial charge in [0.25, 0.3) is 0 Å². The Bertz CT molecular complexity index is 347. The highest BCUT2D eigenvalue weighted by Crippen LogP contribution is 2.26. The fourth-order valence-corrected chi connectivity index (χ4v) is 2.65. The van der Waals surface area contributed by atoms with E-state index in [-0.39, 0.29) is 0 Å². The Morgan fingerprint density at radius 3 is 2.88 bits per heavy atom. The molecule has 0 aliphatic carbocycles. The lowest BCUT2D eigenvalue weighted by Crippen LogP contribution is -2.29. The van der Waals surface area contributed by atoms with Crippen LogP contribution in [0.1, 0.15) is 5.56 Å². The quantitative estimate of drug-likeness (QED) is 0.762. The second kappa shape index (κ2) is 6.57. The molecular formula is C11H16Br2N2O. The Morgan fingerprint density at radius 2 is 2.25 bits per heavy atom. The van der Waals surface area contributed by atoms with E-state index in [2.05, 4.69) is 48.7 Å². The standard InChI is InChI=1S/C11H16Br2N2O/c1-8-4-5-14-11(10(8)13)15(2)6-9(12)7-16-3/h4-5,9H,6-7H2,1-3H3. The lowest BCUT2D eigenvalue weighted by Gasteiger charge is -2.22. The SMILES string of the molecule is COCC(Br)CN(C)c1nccc(C)c1Br. The molecule has 3 nitrogen and oxygen atoms in total. The Hall–Kier alpha value is -0.130. The summed E-state index contributed by atoms with van der Waals surface area (Å²) in [6.07, 6.45) is 1.82. The minimum absolute atomic E-state index is 0.303. The van der Waals surface area contributed by atoms with Gasteiger partial charge in [-0.25, -0.2) is 4.98 Å². The Labute approximate surface area is 113 Å². The van der Waals surface area contributed by atoms with Crippen LogP contribution >= 0.6 is 31.9 Å². The van der Waals surface area contributed by atoms with Crippen molar-refractivity contribution in [3.63, 3.8) is 0 Å². The first kappa shape index (κ1) is 13.9. The van der Waals surface area contributed by atoms with Crippen molar-refractivity contribution in [2.24, 2.45) is 0 Å². The van der Waals surface area contributed by atoms with E-state index in [9.17, 15) is 0 Å². The van der Waals surface area contributed by atoms with E-state index >= 15 is 0 Å². The van der Waals surface area contributed by atoms with Gasteiger partial charge in [0.05, 0.1) is 15.9 Å². The summed E-state index contributed by atoms with van der Waals surface area (Å²) in [7, 11) is 3.73. The first-order valence-corrected chi connectivity index (χ1v) is 6.72. The van der Waals surface area contributed by atoms with Gasteiger partial charge in [-0.1, -0.05) is 15.9 Å². The van der Waals surface area contributed by atoms with E-state index in [4.69, 9.17) is 4.74 Å². The van der Waals surface area contributed by atoms with E-state index in [0.717, 1.165) is 16.8 Å². The summed E-state index contributed by atoms with van der Waals surface area (Å²) in [5.41, 5.74) is 1.19. The smallest absolute Gasteiger partial charge is 0.142 e. The summed E-state index contributed by atoms with van der Waals surface area (Å²) in [6, 6.07) is 1.99. The number of ether oxygens (including phenoxy) is 1. The van der Waals surface area contributed by atoms with E-state index in [1.54, 1.807) is 7.11 Å². The second-order valence-electron chi connectivity index (χ2n) is 3.70. The fourth-order valence-electron chi connectivity index (χ4n) is 1.41. The largest absolute Gasteiger partial charge is 0.383 e. The van der Waals surface area contributed by atoms with Crippen LogP contribution in [0.25, 0.3) is 0 Å². The third-order valence-corrected chi connectivity index (χ3v) is 3.78. The van der Waals surface area contributed by atoms with Crippen LogP contribution in [0.4, 0.5) is 5.82 Å². The number of alkyl halides is 1. The van der Waals surface area contributed by atoms with Crippen molar-refractivity contribution < 1.29 is 4.74 Å². The van der Waals surface area contributed by atoms with Crippen LogP contribution in [0.2, 0.25) is 0 Å². The third-order valence-electron chi connectivity index (χ3n) is 2.24. The summed E-state index contributed by atoms with van der Waals surface area (Å²) in [5, 5.41) is 0. The maximum Gasteiger partial charge on any atom is 0.142 e. The molecule has 0 spiro atoms. The molecule has 0 radical (unpaired) electrons. The van der Waals surface area contributed by atoms with Crippen LogP contribution in [0.3, 0.4) is 0 Å². The van der Waals surface area contributed by atoms with Crippen LogP contribution in [0.15, 0.2) is 16.7 Å². The first-order valence-electron chi connectivity index (χ1n) is 5.01. The molecule has 1 rings (SSSR count). The van der Waals surface area contributed by atoms with Gasteiger partial charge in [0.15, 0.2) is 0 Å². The molecule has 0 N–H and O–H groups in total. The highest BCUT2D eigenvalue weighted by atomic mass is 79.9. The van der Waals surface area contributed by atoms with Gasteiger partial charge in [0, 0.05) is 26.9 Å². The summed E-state index contributed by atoms with van der Waals surface area (Å²) < 4.78 is 6.14. The number of nitrogens with zero attached hydrogens (tertiary/aromatic N) is 2. The van der Waals surface area contributed by atoms with E-state index in [1.165, 1.54) is 5.56 Å². The molecule has 1 atom stereocenters. The molecule has 0 aliphatic heterocycles. The first-order chi connectivity index (χ1) is 7.56. The molecule has 0 fully saturated rings. The van der Waals surface area contributed by atoms with Crippen molar-refractivity contribution in [1.29, 1.82) is 0 Å². The highest BCUT2D eigenvalue weighted by molar-refractivity contribution is 9.10. The molecule has 0 aromatic carbocycles. The molecule has 0 bridgehead atoms. The average molecular weight is 352 g/mol. The van der Waals surface area contributed by atoms with Gasteiger partial charge in [0.1, 0.15) is 5.82 Å². The van der Waals surface area contributed by atoms with Gasteiger partial charge in [-0.05, 0) is 34.5 Å². The number of anilines is 1. The molecule has 16 heavy (non-hydrogen) atoms. The number of aromatic nitrogens is 1. The zero-order valence-electron chi connectivity index (χ0n) is 9.70. The monoisotopic (exact) mass is 350 g/mol. The molecule has 0 saturated carbocycles. The predicted octanol–water partition coefficient (Wildman–Crippen LogP) is 3.00. The zero-order chi connectivity index (χ0) is 12.1. The number of aryl methyl sites for hydroxylation is 1. The summed E-state index contributed by atoms with van der Waals surface area (Å²) >= 11 is 7.13. The van der Waals surface area contributed by atoms with Crippen LogP contribution in [-0.4, -0.2) is 37.1 Å². The van der Waals surface area contributed by atoms with Crippen molar-refractivity contribution in [1.82, 2.24) is 4.98 Å². The van der Waals surface area contributed by atoms with Crippen LogP contribution < -0.4 is 4.90 Å². The third kappa shape index (κ3) is 3.71. The zero-order valence-corrected chi connectivity index (χ0v) is 12.9. The molecule has 1 aromatic heterocycles. The number of pyridine rings is 1. The molecule has 0 amide bonds. The van der Waals surface area contributed by atoms with Crippen LogP contribution in [0, 0.1) is 6.92 Å². The normalized spacial score (nSPS) is 12.6. The van der Waals surface area contributed by atoms with Gasteiger partial charge in [-0.3, -0.25) is 0 Å². The van der Waals surface area contributed by atoms with Crippen molar-refractivity contribution in [2.45, 2.75) is 11.8 Å². The second-order valence-corrected chi connectivity index (χ2v) is 5.79. The van der Waals surface area contributed by atoms with Crippen LogP contribution in [0.5, 0.6) is 0 Å². The van der Waals surface area contributed by atoms with E-state index in [0.29, 0.717) is 11.4 Å². The molecule has 5 heteroatoms. The molecule has 1 heterocycles. The molecule has 1 aromatic rings. The molecule has 90 valence electrons. The summed E-state index contributed by atoms with van der Waals surface area (Å²) in [5.74, 6) is 0.959. The maximum absolute atomic E-state index is 5.09. The minimum Gasteiger partial charge on any atom is -0.383 e. The number of hydrogen-bond acceptors (Lipinski definition) is 3. The fraction of sp³-hybridized carbons (Fsp3) is 0.545. The number of hydrogen-bond donors (Lipinski definition) is 0. The predicted molar refractivity (Wildman–Crippen MR) is 74.5 cm³/mol. The Balaban J connectivity index is 2.72.